The van der Waals surface area contributed by atoms with Gasteiger partial charge in [0.25, 0.3) is 0 Å². The highest BCUT2D eigenvalue weighted by Crippen LogP contribution is 2.32. The Morgan fingerprint density at radius 1 is 1.05 bits per heavy atom. The van der Waals surface area contributed by atoms with Gasteiger partial charge in [-0.3, -0.25) is 0 Å². The minimum absolute atomic E-state index is 0.319. The first kappa shape index (κ1) is 14.0. The van der Waals surface area contributed by atoms with Gasteiger partial charge in [0.15, 0.2) is 0 Å². The maximum Gasteiger partial charge on any atom is 0.134 e. The molecule has 2 aromatic rings. The molecule has 4 heteroatoms. The van der Waals surface area contributed by atoms with Crippen LogP contribution >= 0.6 is 11.6 Å². The molecule has 0 spiro atoms. The summed E-state index contributed by atoms with van der Waals surface area (Å²) in [4.78, 5) is 0. The van der Waals surface area contributed by atoms with Crippen molar-refractivity contribution in [3.05, 3.63) is 58.1 Å². The highest BCUT2D eigenvalue weighted by Gasteiger charge is 2.12. The summed E-state index contributed by atoms with van der Waals surface area (Å²) in [6.45, 7) is 2.28. The van der Waals surface area contributed by atoms with Gasteiger partial charge < -0.3 is 5.32 Å². The topological polar surface area (TPSA) is 12.0 Å². The van der Waals surface area contributed by atoms with E-state index >= 15 is 0 Å². The number of nitrogens with one attached hydrogen (secondary N) is 1. The summed E-state index contributed by atoms with van der Waals surface area (Å²) in [6.07, 6.45) is 0. The summed E-state index contributed by atoms with van der Waals surface area (Å²) < 4.78 is 27.1. The fraction of sp³-hybridized carbons (Fsp3) is 0.200. The zero-order valence-corrected chi connectivity index (χ0v) is 11.5. The van der Waals surface area contributed by atoms with Crippen molar-refractivity contribution in [3.8, 4) is 11.1 Å². The van der Waals surface area contributed by atoms with E-state index < -0.39 is 11.6 Å². The van der Waals surface area contributed by atoms with Gasteiger partial charge >= 0.3 is 0 Å². The standard InChI is InChI=1S/C15H14ClF2N/c1-9-5-12(15(18)7-14(9)17)11-4-3-10(8-19-2)6-13(11)16/h3-7,19H,8H2,1-2H3. The number of hydrogen-bond donors (Lipinski definition) is 1. The lowest BCUT2D eigenvalue weighted by molar-refractivity contribution is 0.579. The summed E-state index contributed by atoms with van der Waals surface area (Å²) in [5.41, 5.74) is 2.30. The number of halogens is 3. The minimum Gasteiger partial charge on any atom is -0.316 e. The molecule has 0 atom stereocenters. The molecule has 1 nitrogen and oxygen atoms in total. The molecular weight excluding hydrogens is 268 g/mol. The van der Waals surface area contributed by atoms with Crippen LogP contribution in [0.1, 0.15) is 11.1 Å². The molecule has 0 saturated carbocycles. The van der Waals surface area contributed by atoms with Gasteiger partial charge in [-0.05, 0) is 37.2 Å². The number of rotatable bonds is 3. The molecule has 19 heavy (non-hydrogen) atoms. The Bertz CT molecular complexity index is 611. The Labute approximate surface area is 116 Å². The molecule has 100 valence electrons. The van der Waals surface area contributed by atoms with Gasteiger partial charge in [-0.15, -0.1) is 0 Å². The number of hydrogen-bond acceptors (Lipinski definition) is 1. The molecule has 0 unspecified atom stereocenters. The second kappa shape index (κ2) is 5.68. The highest BCUT2D eigenvalue weighted by atomic mass is 35.5. The minimum atomic E-state index is -0.605. The van der Waals surface area contributed by atoms with Gasteiger partial charge in [0.05, 0.1) is 0 Å². The van der Waals surface area contributed by atoms with E-state index in [1.54, 1.807) is 19.1 Å². The molecular formula is C15H14ClF2N. The molecule has 0 saturated heterocycles. The predicted molar refractivity (Wildman–Crippen MR) is 74.3 cm³/mol. The van der Waals surface area contributed by atoms with E-state index in [1.165, 1.54) is 6.07 Å². The maximum atomic E-state index is 13.8. The van der Waals surface area contributed by atoms with Crippen molar-refractivity contribution < 1.29 is 8.78 Å². The van der Waals surface area contributed by atoms with Crippen LogP contribution in [0.5, 0.6) is 0 Å². The van der Waals surface area contributed by atoms with Crippen LogP contribution in [0.25, 0.3) is 11.1 Å². The molecule has 0 radical (unpaired) electrons. The first-order chi connectivity index (χ1) is 9.02. The Morgan fingerprint density at radius 3 is 2.42 bits per heavy atom. The third kappa shape index (κ3) is 2.94. The van der Waals surface area contributed by atoms with Gasteiger partial charge in [0, 0.05) is 28.8 Å². The van der Waals surface area contributed by atoms with E-state index in [9.17, 15) is 8.78 Å². The van der Waals surface area contributed by atoms with Gasteiger partial charge in [-0.2, -0.15) is 0 Å². The Morgan fingerprint density at radius 2 is 1.79 bits per heavy atom. The quantitative estimate of drug-likeness (QED) is 0.884. The fourth-order valence-electron chi connectivity index (χ4n) is 1.95. The third-order valence-electron chi connectivity index (χ3n) is 2.95. The fourth-order valence-corrected chi connectivity index (χ4v) is 2.26. The van der Waals surface area contributed by atoms with Crippen LogP contribution < -0.4 is 5.32 Å². The van der Waals surface area contributed by atoms with Crippen molar-refractivity contribution in [1.82, 2.24) is 5.32 Å². The van der Waals surface area contributed by atoms with Crippen LogP contribution in [-0.2, 0) is 6.54 Å². The average molecular weight is 282 g/mol. The van der Waals surface area contributed by atoms with E-state index in [4.69, 9.17) is 11.6 Å². The van der Waals surface area contributed by atoms with Gasteiger partial charge in [0.2, 0.25) is 0 Å². The zero-order valence-electron chi connectivity index (χ0n) is 10.7. The van der Waals surface area contributed by atoms with Gasteiger partial charge in [-0.1, -0.05) is 23.7 Å². The third-order valence-corrected chi connectivity index (χ3v) is 3.27. The van der Waals surface area contributed by atoms with Crippen molar-refractivity contribution >= 4 is 11.6 Å². The van der Waals surface area contributed by atoms with Gasteiger partial charge in [0.1, 0.15) is 11.6 Å². The van der Waals surface area contributed by atoms with Crippen molar-refractivity contribution in [1.29, 1.82) is 0 Å². The average Bonchev–Trinajstić information content (AvgIpc) is 2.35. The van der Waals surface area contributed by atoms with Crippen LogP contribution in [0, 0.1) is 18.6 Å². The largest absolute Gasteiger partial charge is 0.316 e. The van der Waals surface area contributed by atoms with E-state index in [2.05, 4.69) is 5.32 Å². The molecule has 2 aromatic carbocycles. The second-order valence-electron chi connectivity index (χ2n) is 4.43. The number of aryl methyl sites for hydroxylation is 1. The first-order valence-electron chi connectivity index (χ1n) is 5.92. The molecule has 0 amide bonds. The van der Waals surface area contributed by atoms with Crippen molar-refractivity contribution in [2.24, 2.45) is 0 Å². The van der Waals surface area contributed by atoms with Crippen LogP contribution in [0.15, 0.2) is 30.3 Å². The van der Waals surface area contributed by atoms with Crippen LogP contribution in [0.3, 0.4) is 0 Å². The predicted octanol–water partition coefficient (Wildman–Crippen LogP) is 4.31. The highest BCUT2D eigenvalue weighted by molar-refractivity contribution is 6.33. The number of benzene rings is 2. The van der Waals surface area contributed by atoms with E-state index in [1.807, 2.05) is 13.1 Å². The van der Waals surface area contributed by atoms with Crippen LogP contribution in [0.2, 0.25) is 5.02 Å². The lowest BCUT2D eigenvalue weighted by Crippen LogP contribution is -2.04. The molecule has 0 heterocycles. The smallest absolute Gasteiger partial charge is 0.134 e. The molecule has 0 aliphatic carbocycles. The van der Waals surface area contributed by atoms with Gasteiger partial charge in [-0.25, -0.2) is 8.78 Å². The second-order valence-corrected chi connectivity index (χ2v) is 4.83. The summed E-state index contributed by atoms with van der Waals surface area (Å²) in [5, 5.41) is 3.47. The Balaban J connectivity index is 2.50. The zero-order chi connectivity index (χ0) is 14.0. The normalized spacial score (nSPS) is 10.8. The SMILES string of the molecule is CNCc1ccc(-c2cc(C)c(F)cc2F)c(Cl)c1. The summed E-state index contributed by atoms with van der Waals surface area (Å²) in [6, 6.07) is 7.78. The summed E-state index contributed by atoms with van der Waals surface area (Å²) in [7, 11) is 1.84. The van der Waals surface area contributed by atoms with Crippen molar-refractivity contribution in [2.75, 3.05) is 7.05 Å². The van der Waals surface area contributed by atoms with E-state index in [0.29, 0.717) is 28.3 Å². The molecule has 0 aliphatic rings. The first-order valence-corrected chi connectivity index (χ1v) is 6.29. The summed E-state index contributed by atoms with van der Waals surface area (Å²) >= 11 is 6.18. The molecule has 2 rings (SSSR count). The summed E-state index contributed by atoms with van der Waals surface area (Å²) in [5.74, 6) is -1.16. The van der Waals surface area contributed by atoms with Crippen LogP contribution in [0.4, 0.5) is 8.78 Å². The molecule has 0 fully saturated rings. The van der Waals surface area contributed by atoms with E-state index in [0.717, 1.165) is 11.6 Å². The Kier molecular flexibility index (Phi) is 4.17. The molecule has 1 N–H and O–H groups in total. The van der Waals surface area contributed by atoms with Crippen molar-refractivity contribution in [3.63, 3.8) is 0 Å². The lowest BCUT2D eigenvalue weighted by Gasteiger charge is -2.10. The van der Waals surface area contributed by atoms with Crippen LogP contribution in [-0.4, -0.2) is 7.05 Å². The maximum absolute atomic E-state index is 13.8. The molecule has 0 aromatic heterocycles. The monoisotopic (exact) mass is 281 g/mol. The van der Waals surface area contributed by atoms with Crippen molar-refractivity contribution in [2.45, 2.75) is 13.5 Å². The lowest BCUT2D eigenvalue weighted by atomic mass is 10.0. The van der Waals surface area contributed by atoms with E-state index in [-0.39, 0.29) is 0 Å². The molecule has 0 aliphatic heterocycles. The Hall–Kier alpha value is -1.45. The molecule has 0 bridgehead atoms.